The average Bonchev–Trinajstić information content (AvgIpc) is 2.75. The first-order chi connectivity index (χ1) is 8.08. The molecule has 1 nitrogen and oxygen atoms in total. The predicted molar refractivity (Wildman–Crippen MR) is 79.5 cm³/mol. The van der Waals surface area contributed by atoms with E-state index in [2.05, 4.69) is 31.9 Å². The molecule has 1 atom stereocenters. The minimum Gasteiger partial charge on any atom is -0.380 e. The molecule has 2 rings (SSSR count). The van der Waals surface area contributed by atoms with Crippen LogP contribution in [0.5, 0.6) is 0 Å². The lowest BCUT2D eigenvalue weighted by atomic mass is 9.86. The second kappa shape index (κ2) is 5.22. The summed E-state index contributed by atoms with van der Waals surface area (Å²) in [5.41, 5.74) is 0.916. The molecule has 4 heteroatoms. The van der Waals surface area contributed by atoms with E-state index in [1.165, 1.54) is 0 Å². The van der Waals surface area contributed by atoms with Gasteiger partial charge in [0, 0.05) is 19.9 Å². The SMILES string of the molecule is CCC(O)(c1cccc(Br)c1)c1cscc1Br. The van der Waals surface area contributed by atoms with Gasteiger partial charge in [0.2, 0.25) is 0 Å². The molecule has 0 bridgehead atoms. The van der Waals surface area contributed by atoms with Crippen molar-refractivity contribution >= 4 is 43.2 Å². The summed E-state index contributed by atoms with van der Waals surface area (Å²) in [5.74, 6) is 0. The van der Waals surface area contributed by atoms with Gasteiger partial charge in [0.1, 0.15) is 5.60 Å². The number of hydrogen-bond acceptors (Lipinski definition) is 2. The van der Waals surface area contributed by atoms with Crippen molar-refractivity contribution < 1.29 is 5.11 Å². The Bertz CT molecular complexity index is 524. The second-order valence-electron chi connectivity index (χ2n) is 3.86. The van der Waals surface area contributed by atoms with E-state index in [-0.39, 0.29) is 0 Å². The Kier molecular flexibility index (Phi) is 4.08. The molecule has 17 heavy (non-hydrogen) atoms. The fourth-order valence-electron chi connectivity index (χ4n) is 1.87. The number of hydrogen-bond donors (Lipinski definition) is 1. The molecule has 1 aromatic heterocycles. The van der Waals surface area contributed by atoms with Gasteiger partial charge in [0.15, 0.2) is 0 Å². The van der Waals surface area contributed by atoms with E-state index < -0.39 is 5.60 Å². The molecule has 0 aliphatic heterocycles. The number of halogens is 2. The van der Waals surface area contributed by atoms with Gasteiger partial charge in [-0.2, -0.15) is 11.3 Å². The fraction of sp³-hybridized carbons (Fsp3) is 0.231. The molecule has 1 aromatic carbocycles. The molecule has 0 spiro atoms. The zero-order chi connectivity index (χ0) is 12.5. The molecule has 90 valence electrons. The van der Waals surface area contributed by atoms with Crippen LogP contribution in [-0.2, 0) is 5.60 Å². The number of rotatable bonds is 3. The van der Waals surface area contributed by atoms with Crippen LogP contribution in [0.3, 0.4) is 0 Å². The Balaban J connectivity index is 2.55. The van der Waals surface area contributed by atoms with Gasteiger partial charge in [0.25, 0.3) is 0 Å². The van der Waals surface area contributed by atoms with Crippen molar-refractivity contribution in [2.75, 3.05) is 0 Å². The molecule has 1 N–H and O–H groups in total. The first-order valence-electron chi connectivity index (χ1n) is 5.28. The minimum atomic E-state index is -0.928. The van der Waals surface area contributed by atoms with Gasteiger partial charge in [0.05, 0.1) is 0 Å². The Labute approximate surface area is 122 Å². The largest absolute Gasteiger partial charge is 0.380 e. The van der Waals surface area contributed by atoms with Crippen molar-refractivity contribution in [2.45, 2.75) is 18.9 Å². The highest BCUT2D eigenvalue weighted by atomic mass is 79.9. The lowest BCUT2D eigenvalue weighted by molar-refractivity contribution is 0.0762. The van der Waals surface area contributed by atoms with Gasteiger partial charge in [-0.3, -0.25) is 0 Å². The third-order valence-electron chi connectivity index (χ3n) is 2.87. The molecule has 0 fully saturated rings. The van der Waals surface area contributed by atoms with Crippen LogP contribution in [0.15, 0.2) is 44.0 Å². The van der Waals surface area contributed by atoms with Crippen LogP contribution in [-0.4, -0.2) is 5.11 Å². The maximum atomic E-state index is 10.9. The van der Waals surface area contributed by atoms with Crippen molar-refractivity contribution in [2.24, 2.45) is 0 Å². The predicted octanol–water partition coefficient (Wildman–Crippen LogP) is 4.92. The zero-order valence-corrected chi connectivity index (χ0v) is 13.3. The fourth-order valence-corrected chi connectivity index (χ4v) is 3.96. The monoisotopic (exact) mass is 374 g/mol. The lowest BCUT2D eigenvalue weighted by Crippen LogP contribution is -2.26. The van der Waals surface area contributed by atoms with E-state index in [0.29, 0.717) is 6.42 Å². The third kappa shape index (κ3) is 2.50. The Hall–Kier alpha value is -0.160. The third-order valence-corrected chi connectivity index (χ3v) is 5.07. The van der Waals surface area contributed by atoms with Gasteiger partial charge < -0.3 is 5.11 Å². The molecule has 0 saturated heterocycles. The van der Waals surface area contributed by atoms with Gasteiger partial charge in [-0.1, -0.05) is 35.0 Å². The van der Waals surface area contributed by atoms with E-state index in [4.69, 9.17) is 0 Å². The van der Waals surface area contributed by atoms with Crippen LogP contribution in [0.25, 0.3) is 0 Å². The van der Waals surface area contributed by atoms with Crippen LogP contribution in [0.4, 0.5) is 0 Å². The molecule has 0 aliphatic carbocycles. The summed E-state index contributed by atoms with van der Waals surface area (Å²) >= 11 is 8.53. The molecule has 0 amide bonds. The minimum absolute atomic E-state index is 0.638. The van der Waals surface area contributed by atoms with E-state index in [1.807, 2.05) is 41.9 Å². The highest BCUT2D eigenvalue weighted by Gasteiger charge is 2.32. The maximum absolute atomic E-state index is 10.9. The van der Waals surface area contributed by atoms with E-state index in [1.54, 1.807) is 11.3 Å². The molecule has 0 saturated carbocycles. The van der Waals surface area contributed by atoms with Crippen molar-refractivity contribution in [1.82, 2.24) is 0 Å². The summed E-state index contributed by atoms with van der Waals surface area (Å²) < 4.78 is 1.94. The van der Waals surface area contributed by atoms with Crippen LogP contribution in [0, 0.1) is 0 Å². The molecule has 1 heterocycles. The van der Waals surface area contributed by atoms with Crippen LogP contribution in [0.2, 0.25) is 0 Å². The Morgan fingerprint density at radius 2 is 2.06 bits per heavy atom. The summed E-state index contributed by atoms with van der Waals surface area (Å²) in [6, 6.07) is 7.83. The summed E-state index contributed by atoms with van der Waals surface area (Å²) in [4.78, 5) is 0. The first kappa shape index (κ1) is 13.3. The van der Waals surface area contributed by atoms with Crippen molar-refractivity contribution in [3.63, 3.8) is 0 Å². The van der Waals surface area contributed by atoms with Crippen LogP contribution in [0.1, 0.15) is 24.5 Å². The molecular formula is C13H12Br2OS. The van der Waals surface area contributed by atoms with Crippen molar-refractivity contribution in [1.29, 1.82) is 0 Å². The van der Waals surface area contributed by atoms with Crippen molar-refractivity contribution in [3.05, 3.63) is 55.1 Å². The topological polar surface area (TPSA) is 20.2 Å². The number of thiophene rings is 1. The molecule has 2 aromatic rings. The molecule has 0 aliphatic rings. The maximum Gasteiger partial charge on any atom is 0.116 e. The second-order valence-corrected chi connectivity index (χ2v) is 6.37. The summed E-state index contributed by atoms with van der Waals surface area (Å²) in [6.45, 7) is 1.99. The normalized spacial score (nSPS) is 14.6. The smallest absolute Gasteiger partial charge is 0.116 e. The summed E-state index contributed by atoms with van der Waals surface area (Å²) in [7, 11) is 0. The molecule has 1 unspecified atom stereocenters. The highest BCUT2D eigenvalue weighted by molar-refractivity contribution is 9.10. The van der Waals surface area contributed by atoms with Gasteiger partial charge in [-0.25, -0.2) is 0 Å². The lowest BCUT2D eigenvalue weighted by Gasteiger charge is -2.27. The van der Waals surface area contributed by atoms with Crippen molar-refractivity contribution in [3.8, 4) is 0 Å². The Morgan fingerprint density at radius 3 is 2.59 bits per heavy atom. The molecule has 0 radical (unpaired) electrons. The molecular weight excluding hydrogens is 364 g/mol. The van der Waals surface area contributed by atoms with Gasteiger partial charge in [-0.15, -0.1) is 0 Å². The standard InChI is InChI=1S/C13H12Br2OS/c1-2-13(16,11-7-17-8-12(11)15)9-4-3-5-10(14)6-9/h3-8,16H,2H2,1H3. The number of benzene rings is 1. The van der Waals surface area contributed by atoms with Crippen LogP contribution >= 0.6 is 43.2 Å². The van der Waals surface area contributed by atoms with E-state index in [9.17, 15) is 5.11 Å². The zero-order valence-electron chi connectivity index (χ0n) is 9.28. The van der Waals surface area contributed by atoms with Gasteiger partial charge >= 0.3 is 0 Å². The van der Waals surface area contributed by atoms with E-state index >= 15 is 0 Å². The van der Waals surface area contributed by atoms with Crippen LogP contribution < -0.4 is 0 Å². The van der Waals surface area contributed by atoms with Gasteiger partial charge in [-0.05, 0) is 45.4 Å². The quantitative estimate of drug-likeness (QED) is 0.807. The summed E-state index contributed by atoms with van der Waals surface area (Å²) in [5, 5.41) is 14.9. The average molecular weight is 376 g/mol. The first-order valence-corrected chi connectivity index (χ1v) is 7.81. The van der Waals surface area contributed by atoms with E-state index in [0.717, 1.165) is 20.1 Å². The highest BCUT2D eigenvalue weighted by Crippen LogP contribution is 2.39. The summed E-state index contributed by atoms with van der Waals surface area (Å²) in [6.07, 6.45) is 0.638. The Morgan fingerprint density at radius 1 is 1.29 bits per heavy atom. The number of aliphatic hydroxyl groups is 1.